The van der Waals surface area contributed by atoms with Crippen molar-refractivity contribution < 1.29 is 43.3 Å². The third kappa shape index (κ3) is 4.48. The van der Waals surface area contributed by atoms with Crippen molar-refractivity contribution in [3.63, 3.8) is 0 Å². The highest BCUT2D eigenvalue weighted by Gasteiger charge is 2.75. The number of Topliss-reactive ketones (excluding diaryl/α,β-unsaturated/α-hetero) is 2. The van der Waals surface area contributed by atoms with E-state index in [1.165, 1.54) is 19.9 Å². The zero-order valence-electron chi connectivity index (χ0n) is 23.9. The van der Waals surface area contributed by atoms with E-state index in [-0.39, 0.29) is 30.6 Å². The van der Waals surface area contributed by atoms with Crippen LogP contribution in [0.5, 0.6) is 0 Å². The van der Waals surface area contributed by atoms with Crippen molar-refractivity contribution in [2.75, 3.05) is 0 Å². The Bertz CT molecular complexity index is 1250. The molecule has 1 aromatic carbocycles. The van der Waals surface area contributed by atoms with Crippen molar-refractivity contribution in [1.82, 2.24) is 0 Å². The molecule has 0 saturated heterocycles. The van der Waals surface area contributed by atoms with Crippen LogP contribution in [-0.2, 0) is 33.4 Å². The second kappa shape index (κ2) is 9.94. The summed E-state index contributed by atoms with van der Waals surface area (Å²) in [6, 6.07) is 8.34. The molecule has 0 unspecified atom stereocenters. The molecule has 40 heavy (non-hydrogen) atoms. The number of allylic oxidation sites excluding steroid dienone is 1. The van der Waals surface area contributed by atoms with Gasteiger partial charge in [-0.2, -0.15) is 0 Å². The number of fused-ring (bicyclic) bond motifs is 3. The number of carbonyl (C=O) groups is 5. The Morgan fingerprint density at radius 2 is 1.55 bits per heavy atom. The molecule has 3 saturated carbocycles. The van der Waals surface area contributed by atoms with Crippen molar-refractivity contribution in [2.24, 2.45) is 28.1 Å². The Morgan fingerprint density at radius 1 is 0.950 bits per heavy atom. The molecule has 216 valence electrons. The molecule has 4 rings (SSSR count). The van der Waals surface area contributed by atoms with Crippen LogP contribution < -0.4 is 0 Å². The Kier molecular flexibility index (Phi) is 7.37. The van der Waals surface area contributed by atoms with E-state index in [1.807, 2.05) is 6.92 Å². The summed E-state index contributed by atoms with van der Waals surface area (Å²) in [4.78, 5) is 65.4. The van der Waals surface area contributed by atoms with E-state index in [1.54, 1.807) is 51.1 Å². The van der Waals surface area contributed by atoms with E-state index < -0.39 is 75.7 Å². The SMILES string of the molecule is C=C[C@@]1(C)C[C@@H](OC(=O)c2ccccc2)[C@@H]2[C@@]3(C)C[C@@H](OC(C)=O)C(=O)C(C)(C)[C@@H]3C[C@@H](OC(C)=O)[C@@]2(O)C1=O. The fourth-order valence-electron chi connectivity index (χ4n) is 7.83. The van der Waals surface area contributed by atoms with Crippen LogP contribution in [0.15, 0.2) is 43.0 Å². The van der Waals surface area contributed by atoms with Gasteiger partial charge in [0.15, 0.2) is 23.3 Å². The van der Waals surface area contributed by atoms with Gasteiger partial charge < -0.3 is 19.3 Å². The minimum atomic E-state index is -2.28. The monoisotopic (exact) mass is 554 g/mol. The van der Waals surface area contributed by atoms with Crippen LogP contribution in [0.3, 0.4) is 0 Å². The Hall–Kier alpha value is -3.33. The van der Waals surface area contributed by atoms with E-state index in [9.17, 15) is 29.1 Å². The molecule has 3 aliphatic rings. The summed E-state index contributed by atoms with van der Waals surface area (Å²) >= 11 is 0. The van der Waals surface area contributed by atoms with E-state index in [4.69, 9.17) is 14.2 Å². The Morgan fingerprint density at radius 3 is 2.10 bits per heavy atom. The highest BCUT2D eigenvalue weighted by molar-refractivity contribution is 5.97. The first-order valence-electron chi connectivity index (χ1n) is 13.6. The lowest BCUT2D eigenvalue weighted by molar-refractivity contribution is -0.265. The fraction of sp³-hybridized carbons (Fsp3) is 0.581. The number of ether oxygens (including phenoxy) is 3. The molecule has 0 radical (unpaired) electrons. The van der Waals surface area contributed by atoms with Crippen molar-refractivity contribution in [3.8, 4) is 0 Å². The van der Waals surface area contributed by atoms with Crippen LogP contribution in [0, 0.1) is 28.1 Å². The van der Waals surface area contributed by atoms with E-state index in [2.05, 4.69) is 6.58 Å². The topological polar surface area (TPSA) is 133 Å². The average Bonchev–Trinajstić information content (AvgIpc) is 2.87. The predicted octanol–water partition coefficient (Wildman–Crippen LogP) is 3.61. The number of benzene rings is 1. The van der Waals surface area contributed by atoms with Gasteiger partial charge in [0.25, 0.3) is 0 Å². The Labute approximate surface area is 234 Å². The minimum absolute atomic E-state index is 0.00323. The molecule has 3 aliphatic carbocycles. The largest absolute Gasteiger partial charge is 0.459 e. The molecular weight excluding hydrogens is 516 g/mol. The maximum absolute atomic E-state index is 14.2. The van der Waals surface area contributed by atoms with Crippen LogP contribution in [0.4, 0.5) is 0 Å². The number of hydrogen-bond acceptors (Lipinski definition) is 9. The summed E-state index contributed by atoms with van der Waals surface area (Å²) in [5, 5.41) is 12.5. The molecule has 0 amide bonds. The van der Waals surface area contributed by atoms with Crippen LogP contribution in [-0.4, -0.2) is 58.5 Å². The molecule has 9 nitrogen and oxygen atoms in total. The zero-order chi connectivity index (χ0) is 29.8. The lowest BCUT2D eigenvalue weighted by Gasteiger charge is -2.66. The maximum atomic E-state index is 14.2. The van der Waals surface area contributed by atoms with E-state index in [0.717, 1.165) is 0 Å². The normalized spacial score (nSPS) is 38.3. The molecule has 0 aromatic heterocycles. The standard InChI is InChI=1S/C31H38O9/c1-8-29(6)15-20(40-26(35)19-12-10-9-11-13-19)24-30(7)16-21(38-17(2)32)25(34)28(4,5)22(30)14-23(39-18(3)33)31(24,37)27(29)36/h8-13,20-24,37H,1,14-16H2,2-7H3/t20-,21-,22+,23-,24-,29+,30+,31+/m1/s1. The molecule has 0 bridgehead atoms. The van der Waals surface area contributed by atoms with Crippen LogP contribution in [0.1, 0.15) is 71.2 Å². The number of aliphatic hydroxyl groups is 1. The summed E-state index contributed by atoms with van der Waals surface area (Å²) in [5.74, 6) is -4.49. The number of carbonyl (C=O) groups excluding carboxylic acids is 5. The first-order valence-corrected chi connectivity index (χ1v) is 13.6. The summed E-state index contributed by atoms with van der Waals surface area (Å²) in [5.41, 5.74) is -5.46. The molecule has 0 aliphatic heterocycles. The first-order chi connectivity index (χ1) is 18.5. The highest BCUT2D eigenvalue weighted by atomic mass is 16.6. The molecule has 0 spiro atoms. The number of rotatable bonds is 5. The van der Waals surface area contributed by atoms with Gasteiger partial charge in [-0.15, -0.1) is 6.58 Å². The molecule has 0 heterocycles. The number of hydrogen-bond donors (Lipinski definition) is 1. The van der Waals surface area contributed by atoms with Gasteiger partial charge in [0, 0.05) is 31.6 Å². The summed E-state index contributed by atoms with van der Waals surface area (Å²) in [6.45, 7) is 13.1. The highest BCUT2D eigenvalue weighted by Crippen LogP contribution is 2.66. The molecule has 9 heteroatoms. The smallest absolute Gasteiger partial charge is 0.338 e. The number of ketones is 2. The van der Waals surface area contributed by atoms with Gasteiger partial charge in [-0.1, -0.05) is 45.0 Å². The van der Waals surface area contributed by atoms with Crippen molar-refractivity contribution in [1.29, 1.82) is 0 Å². The first kappa shape index (κ1) is 29.6. The predicted molar refractivity (Wildman–Crippen MR) is 143 cm³/mol. The molecule has 3 fully saturated rings. The van der Waals surface area contributed by atoms with Gasteiger partial charge in [0.2, 0.25) is 0 Å². The van der Waals surface area contributed by atoms with Crippen LogP contribution in [0.2, 0.25) is 0 Å². The van der Waals surface area contributed by atoms with Gasteiger partial charge in [0.05, 0.1) is 11.0 Å². The van der Waals surface area contributed by atoms with Gasteiger partial charge >= 0.3 is 17.9 Å². The lowest BCUT2D eigenvalue weighted by Crippen LogP contribution is -2.77. The minimum Gasteiger partial charge on any atom is -0.459 e. The summed E-state index contributed by atoms with van der Waals surface area (Å²) < 4.78 is 17.2. The lowest BCUT2D eigenvalue weighted by atomic mass is 9.40. The average molecular weight is 555 g/mol. The van der Waals surface area contributed by atoms with Crippen LogP contribution >= 0.6 is 0 Å². The van der Waals surface area contributed by atoms with Gasteiger partial charge in [-0.05, 0) is 43.2 Å². The van der Waals surface area contributed by atoms with E-state index >= 15 is 0 Å². The van der Waals surface area contributed by atoms with Crippen molar-refractivity contribution in [3.05, 3.63) is 48.6 Å². The fourth-order valence-corrected chi connectivity index (χ4v) is 7.83. The second-order valence-corrected chi connectivity index (χ2v) is 12.5. The number of esters is 3. The molecular formula is C31H38O9. The zero-order valence-corrected chi connectivity index (χ0v) is 23.9. The molecule has 1 N–H and O–H groups in total. The third-order valence-corrected chi connectivity index (χ3v) is 9.56. The molecule has 8 atom stereocenters. The maximum Gasteiger partial charge on any atom is 0.338 e. The van der Waals surface area contributed by atoms with Crippen molar-refractivity contribution >= 4 is 29.5 Å². The van der Waals surface area contributed by atoms with Gasteiger partial charge in [-0.25, -0.2) is 4.79 Å². The van der Waals surface area contributed by atoms with E-state index in [0.29, 0.717) is 0 Å². The Balaban J connectivity index is 1.93. The summed E-state index contributed by atoms with van der Waals surface area (Å²) in [7, 11) is 0. The van der Waals surface area contributed by atoms with Crippen LogP contribution in [0.25, 0.3) is 0 Å². The molecule has 1 aromatic rings. The van der Waals surface area contributed by atoms with Gasteiger partial charge in [-0.3, -0.25) is 19.2 Å². The van der Waals surface area contributed by atoms with Gasteiger partial charge in [0.1, 0.15) is 12.2 Å². The van der Waals surface area contributed by atoms with Crippen molar-refractivity contribution in [2.45, 2.75) is 84.7 Å². The quantitative estimate of drug-likeness (QED) is 0.329. The third-order valence-electron chi connectivity index (χ3n) is 9.56. The summed E-state index contributed by atoms with van der Waals surface area (Å²) in [6.07, 6.45) is -2.03. The second-order valence-electron chi connectivity index (χ2n) is 12.5.